The van der Waals surface area contributed by atoms with Gasteiger partial charge in [-0.2, -0.15) is 0 Å². The first-order chi connectivity index (χ1) is 6.69. The molecule has 18 heavy (non-hydrogen) atoms. The maximum atomic E-state index is 10.6. The molecule has 2 N–H and O–H groups in total. The number of methoxy groups -OCH3 is 1. The van der Waals surface area contributed by atoms with E-state index in [0.717, 1.165) is 0 Å². The molecule has 0 amide bonds. The van der Waals surface area contributed by atoms with Crippen molar-refractivity contribution in [2.45, 2.75) is 11.9 Å². The van der Waals surface area contributed by atoms with E-state index in [1.54, 1.807) is 0 Å². The minimum absolute atomic E-state index is 0. The Morgan fingerprint density at radius 3 is 1.94 bits per heavy atom. The van der Waals surface area contributed by atoms with E-state index < -0.39 is 20.7 Å². The molecular weight excluding hydrogens is 317 g/mol. The van der Waals surface area contributed by atoms with Gasteiger partial charge in [0.2, 0.25) is 0 Å². The van der Waals surface area contributed by atoms with Crippen molar-refractivity contribution < 1.29 is 122 Å². The van der Waals surface area contributed by atoms with Gasteiger partial charge in [0.15, 0.2) is 7.60 Å². The molecule has 0 aliphatic carbocycles. The first-order valence-corrected chi connectivity index (χ1v) is 7.23. The molecule has 0 radical (unpaired) electrons. The average Bonchev–Trinajstić information content (AvgIpc) is 1.99. The molecule has 0 spiro atoms. The summed E-state index contributed by atoms with van der Waals surface area (Å²) in [6, 6.07) is 0. The maximum absolute atomic E-state index is 10.6. The Hall–Kier alpha value is 3.22. The fraction of sp³-hybridized carbons (Fsp3) is 1.00. The van der Waals surface area contributed by atoms with Crippen molar-refractivity contribution in [3.63, 3.8) is 0 Å². The summed E-state index contributed by atoms with van der Waals surface area (Å²) in [4.78, 5) is 40.0. The van der Waals surface area contributed by atoms with Crippen molar-refractivity contribution in [1.82, 2.24) is 5.32 Å². The fourth-order valence-electron chi connectivity index (χ4n) is 0.854. The zero-order valence-corrected chi connectivity index (χ0v) is 18.8. The molecule has 0 aromatic heterocycles. The van der Waals surface area contributed by atoms with Crippen molar-refractivity contribution in [2.24, 2.45) is 0 Å². The predicted molar refractivity (Wildman–Crippen MR) is 45.7 cm³/mol. The van der Waals surface area contributed by atoms with Crippen LogP contribution in [0.25, 0.3) is 0 Å². The minimum Gasteiger partial charge on any atom is -0.809 e. The molecule has 0 aliphatic rings. The van der Waals surface area contributed by atoms with Crippen molar-refractivity contribution in [3.8, 4) is 0 Å². The minimum atomic E-state index is -5.42. The van der Waals surface area contributed by atoms with E-state index in [0.29, 0.717) is 6.42 Å². The standard InChI is InChI=1S/C5H15NO7P2.3Na/c1-13-4-2-3-6-5(14(7,8)9)15(10,11)12;;;/h5-6H,2-4H2,1H3,(H2,7,8,9)(H2,10,11,12);;;/q;3*+1/p-3. The van der Waals surface area contributed by atoms with Crippen LogP contribution in [0.4, 0.5) is 0 Å². The summed E-state index contributed by atoms with van der Waals surface area (Å²) in [7, 11) is -9.25. The topological polar surface area (TPSA) is 145 Å². The number of rotatable bonds is 7. The van der Waals surface area contributed by atoms with E-state index in [4.69, 9.17) is 4.89 Å². The number of hydrogen-bond donors (Lipinski definition) is 2. The second-order valence-electron chi connectivity index (χ2n) is 2.78. The zero-order chi connectivity index (χ0) is 12.1. The van der Waals surface area contributed by atoms with E-state index in [1.807, 2.05) is 5.32 Å². The third-order valence-corrected chi connectivity index (χ3v) is 4.77. The van der Waals surface area contributed by atoms with Crippen molar-refractivity contribution in [3.05, 3.63) is 0 Å². The van der Waals surface area contributed by atoms with Crippen LogP contribution in [-0.2, 0) is 13.9 Å². The first kappa shape index (κ1) is 29.3. The third-order valence-electron chi connectivity index (χ3n) is 1.46. The van der Waals surface area contributed by atoms with Crippen LogP contribution < -0.4 is 109 Å². The number of ether oxygens (including phenoxy) is 1. The molecule has 8 nitrogen and oxygen atoms in total. The summed E-state index contributed by atoms with van der Waals surface area (Å²) < 4.78 is 25.7. The quantitative estimate of drug-likeness (QED) is 0.266. The van der Waals surface area contributed by atoms with Gasteiger partial charge in [-0.05, 0) is 20.6 Å². The smallest absolute Gasteiger partial charge is 0.809 e. The summed E-state index contributed by atoms with van der Waals surface area (Å²) >= 11 is 0. The number of hydrogen-bond acceptors (Lipinski definition) is 7. The monoisotopic (exact) mass is 329 g/mol. The molecule has 13 heteroatoms. The molecular formula is C5H12NNa3O7P2. The predicted octanol–water partition coefficient (Wildman–Crippen LogP) is -11.6. The largest absolute Gasteiger partial charge is 1.00 e. The van der Waals surface area contributed by atoms with Crippen LogP contribution in [0.15, 0.2) is 0 Å². The second-order valence-corrected chi connectivity index (χ2v) is 6.43. The Morgan fingerprint density at radius 1 is 1.22 bits per heavy atom. The Kier molecular flexibility index (Phi) is 22.5. The molecule has 0 aliphatic heterocycles. The van der Waals surface area contributed by atoms with Gasteiger partial charge in [-0.25, -0.2) is 0 Å². The van der Waals surface area contributed by atoms with Crippen LogP contribution in [0.5, 0.6) is 0 Å². The molecule has 0 heterocycles. The molecule has 0 saturated carbocycles. The molecule has 0 fully saturated rings. The van der Waals surface area contributed by atoms with E-state index in [2.05, 4.69) is 4.74 Å². The zero-order valence-electron chi connectivity index (χ0n) is 11.0. The summed E-state index contributed by atoms with van der Waals surface area (Å²) in [5, 5.41) is 1.94. The maximum Gasteiger partial charge on any atom is 1.00 e. The molecule has 0 rings (SSSR count). The van der Waals surface area contributed by atoms with E-state index in [-0.39, 0.29) is 102 Å². The van der Waals surface area contributed by atoms with Gasteiger partial charge in [0.05, 0.1) is 5.52 Å². The van der Waals surface area contributed by atoms with Crippen molar-refractivity contribution in [2.75, 3.05) is 20.3 Å². The van der Waals surface area contributed by atoms with Gasteiger partial charge in [-0.1, -0.05) is 0 Å². The van der Waals surface area contributed by atoms with E-state index in [9.17, 15) is 23.8 Å². The van der Waals surface area contributed by atoms with E-state index in [1.165, 1.54) is 7.11 Å². The summed E-state index contributed by atoms with van der Waals surface area (Å²) in [5.41, 5.74) is -2.47. The summed E-state index contributed by atoms with van der Waals surface area (Å²) in [6.07, 6.45) is 0.312. The SMILES string of the molecule is COCCCNC(P(=O)([O-])[O-])P(=O)([O-])O.[Na+].[Na+].[Na+]. The van der Waals surface area contributed by atoms with Crippen LogP contribution in [0.1, 0.15) is 6.42 Å². The second kappa shape index (κ2) is 13.9. The number of nitrogens with one attached hydrogen (secondary N) is 1. The van der Waals surface area contributed by atoms with Gasteiger partial charge < -0.3 is 38.8 Å². The first-order valence-electron chi connectivity index (χ1n) is 3.97. The van der Waals surface area contributed by atoms with Gasteiger partial charge in [-0.15, -0.1) is 0 Å². The van der Waals surface area contributed by atoms with Crippen LogP contribution >= 0.6 is 15.2 Å². The average molecular weight is 329 g/mol. The van der Waals surface area contributed by atoms with Crippen molar-refractivity contribution >= 4 is 15.2 Å². The Bertz CT molecular complexity index is 260. The van der Waals surface area contributed by atoms with Gasteiger partial charge in [0, 0.05) is 13.7 Å². The third kappa shape index (κ3) is 14.2. The molecule has 2 atom stereocenters. The normalized spacial score (nSPS) is 15.4. The molecule has 0 saturated heterocycles. The van der Waals surface area contributed by atoms with Gasteiger partial charge in [-0.3, -0.25) is 0 Å². The molecule has 2 unspecified atom stereocenters. The fourth-order valence-corrected chi connectivity index (χ4v) is 3.00. The molecule has 0 aromatic rings. The van der Waals surface area contributed by atoms with Gasteiger partial charge in [0.1, 0.15) is 0 Å². The van der Waals surface area contributed by atoms with Crippen LogP contribution in [0.3, 0.4) is 0 Å². The Labute approximate surface area is 172 Å². The summed E-state index contributed by atoms with van der Waals surface area (Å²) in [5.74, 6) is 0. The molecule has 92 valence electrons. The molecule has 0 bridgehead atoms. The Balaban J connectivity index is -0.000000327. The van der Waals surface area contributed by atoms with Gasteiger partial charge in [0.25, 0.3) is 0 Å². The van der Waals surface area contributed by atoms with Gasteiger partial charge >= 0.3 is 88.7 Å². The van der Waals surface area contributed by atoms with Crippen LogP contribution in [-0.4, -0.2) is 30.7 Å². The van der Waals surface area contributed by atoms with E-state index >= 15 is 0 Å². The molecule has 0 aromatic carbocycles. The Morgan fingerprint density at radius 2 is 1.67 bits per heavy atom. The van der Waals surface area contributed by atoms with Crippen LogP contribution in [0, 0.1) is 0 Å². The van der Waals surface area contributed by atoms with Crippen molar-refractivity contribution in [1.29, 1.82) is 0 Å². The van der Waals surface area contributed by atoms with Crippen LogP contribution in [0.2, 0.25) is 0 Å². The summed E-state index contributed by atoms with van der Waals surface area (Å²) in [6.45, 7) is 0.204.